The van der Waals surface area contributed by atoms with Crippen LogP contribution in [0.3, 0.4) is 0 Å². The summed E-state index contributed by atoms with van der Waals surface area (Å²) >= 11 is 0. The first-order valence-corrected chi connectivity index (χ1v) is 5.69. The second kappa shape index (κ2) is 3.67. The molecule has 0 amide bonds. The molecule has 1 aromatic heterocycles. The number of aryl methyl sites for hydroxylation is 1. The molecule has 0 saturated heterocycles. The number of halogens is 1. The van der Waals surface area contributed by atoms with E-state index >= 15 is 0 Å². The summed E-state index contributed by atoms with van der Waals surface area (Å²) in [6.07, 6.45) is 0.842. The largest absolute Gasteiger partial charge is 0.347 e. The zero-order chi connectivity index (χ0) is 12.0. The van der Waals surface area contributed by atoms with Crippen molar-refractivity contribution < 1.29 is 4.39 Å². The third-order valence-corrected chi connectivity index (χ3v) is 3.43. The van der Waals surface area contributed by atoms with Crippen molar-refractivity contribution in [2.24, 2.45) is 7.05 Å². The van der Waals surface area contributed by atoms with E-state index in [9.17, 15) is 9.18 Å². The van der Waals surface area contributed by atoms with Gasteiger partial charge in [-0.25, -0.2) is 4.39 Å². The minimum atomic E-state index is -0.363. The van der Waals surface area contributed by atoms with Crippen LogP contribution in [0, 0.1) is 5.82 Å². The molecule has 1 aliphatic rings. The van der Waals surface area contributed by atoms with Crippen molar-refractivity contribution in [3.63, 3.8) is 0 Å². The highest BCUT2D eigenvalue weighted by Crippen LogP contribution is 2.18. The van der Waals surface area contributed by atoms with E-state index in [4.69, 9.17) is 0 Å². The predicted molar refractivity (Wildman–Crippen MR) is 64.6 cm³/mol. The molecule has 1 aliphatic heterocycles. The van der Waals surface area contributed by atoms with Crippen LogP contribution in [-0.2, 0) is 20.0 Å². The highest BCUT2D eigenvalue weighted by Gasteiger charge is 2.17. The predicted octanol–water partition coefficient (Wildman–Crippen LogP) is 1.32. The number of hydrogen-bond acceptors (Lipinski definition) is 2. The molecule has 4 heteroatoms. The van der Waals surface area contributed by atoms with E-state index < -0.39 is 0 Å². The van der Waals surface area contributed by atoms with E-state index in [0.29, 0.717) is 11.9 Å². The number of pyridine rings is 1. The number of nitrogens with one attached hydrogen (secondary N) is 1. The van der Waals surface area contributed by atoms with E-state index in [1.807, 2.05) is 11.6 Å². The monoisotopic (exact) mass is 232 g/mol. The Bertz CT molecular complexity index is 660. The normalized spacial score (nSPS) is 14.9. The number of aromatic nitrogens is 1. The summed E-state index contributed by atoms with van der Waals surface area (Å²) < 4.78 is 15.2. The molecule has 0 bridgehead atoms. The quantitative estimate of drug-likeness (QED) is 0.743. The van der Waals surface area contributed by atoms with E-state index in [2.05, 4.69) is 5.32 Å². The lowest BCUT2D eigenvalue weighted by Gasteiger charge is -2.21. The smallest absolute Gasteiger partial charge is 0.194 e. The van der Waals surface area contributed by atoms with Gasteiger partial charge in [0, 0.05) is 43.2 Å². The van der Waals surface area contributed by atoms with Crippen molar-refractivity contribution in [3.05, 3.63) is 45.5 Å². The van der Waals surface area contributed by atoms with Gasteiger partial charge < -0.3 is 9.88 Å². The van der Waals surface area contributed by atoms with Crippen LogP contribution < -0.4 is 10.7 Å². The third-order valence-electron chi connectivity index (χ3n) is 3.43. The summed E-state index contributed by atoms with van der Waals surface area (Å²) in [5.41, 5.74) is 2.60. The Kier molecular flexibility index (Phi) is 2.26. The Labute approximate surface area is 97.9 Å². The topological polar surface area (TPSA) is 34.0 Å². The highest BCUT2D eigenvalue weighted by atomic mass is 19.1. The van der Waals surface area contributed by atoms with Crippen LogP contribution in [0.4, 0.5) is 4.39 Å². The fourth-order valence-electron chi connectivity index (χ4n) is 2.55. The van der Waals surface area contributed by atoms with E-state index in [-0.39, 0.29) is 11.2 Å². The summed E-state index contributed by atoms with van der Waals surface area (Å²) in [7, 11) is 1.93. The molecule has 0 fully saturated rings. The molecule has 2 heterocycles. The summed E-state index contributed by atoms with van der Waals surface area (Å²) in [5, 5.41) is 3.65. The summed E-state index contributed by atoms with van der Waals surface area (Å²) in [5.74, 6) is -0.363. The molecule has 0 radical (unpaired) electrons. The molecule has 0 aliphatic carbocycles. The number of nitrogens with zero attached hydrogens (tertiary/aromatic N) is 1. The second-order valence-electron chi connectivity index (χ2n) is 4.40. The third kappa shape index (κ3) is 1.48. The van der Waals surface area contributed by atoms with Crippen LogP contribution in [0.1, 0.15) is 11.3 Å². The van der Waals surface area contributed by atoms with Crippen LogP contribution >= 0.6 is 0 Å². The minimum Gasteiger partial charge on any atom is -0.347 e. The van der Waals surface area contributed by atoms with Crippen LogP contribution in [0.5, 0.6) is 0 Å². The maximum absolute atomic E-state index is 13.2. The Balaban J connectivity index is 2.47. The van der Waals surface area contributed by atoms with E-state index in [1.165, 1.54) is 12.1 Å². The zero-order valence-corrected chi connectivity index (χ0v) is 9.59. The summed E-state index contributed by atoms with van der Waals surface area (Å²) in [6.45, 7) is 1.46. The van der Waals surface area contributed by atoms with Crippen molar-refractivity contribution in [2.75, 3.05) is 6.54 Å². The number of benzene rings is 1. The average Bonchev–Trinajstić information content (AvgIpc) is 2.36. The van der Waals surface area contributed by atoms with Gasteiger partial charge in [0.1, 0.15) is 5.82 Å². The number of hydrogen-bond donors (Lipinski definition) is 1. The van der Waals surface area contributed by atoms with E-state index in [0.717, 1.165) is 29.7 Å². The molecule has 1 aromatic carbocycles. The van der Waals surface area contributed by atoms with Gasteiger partial charge in [0.25, 0.3) is 0 Å². The van der Waals surface area contributed by atoms with Crippen LogP contribution in [0.15, 0.2) is 23.0 Å². The molecular formula is C13H13FN2O. The lowest BCUT2D eigenvalue weighted by molar-refractivity contribution is 0.605. The molecule has 0 atom stereocenters. The maximum Gasteiger partial charge on any atom is 0.194 e. The molecule has 0 saturated carbocycles. The molecular weight excluding hydrogens is 219 g/mol. The fourth-order valence-corrected chi connectivity index (χ4v) is 2.55. The molecule has 3 rings (SSSR count). The van der Waals surface area contributed by atoms with Crippen LogP contribution in [0.25, 0.3) is 10.9 Å². The lowest BCUT2D eigenvalue weighted by atomic mass is 10.0. The highest BCUT2D eigenvalue weighted by molar-refractivity contribution is 5.80. The Morgan fingerprint density at radius 3 is 3.06 bits per heavy atom. The molecule has 0 spiro atoms. The first-order valence-electron chi connectivity index (χ1n) is 5.69. The van der Waals surface area contributed by atoms with Gasteiger partial charge in [-0.05, 0) is 18.2 Å². The first kappa shape index (κ1) is 10.5. The zero-order valence-electron chi connectivity index (χ0n) is 9.59. The lowest BCUT2D eigenvalue weighted by Crippen LogP contribution is -2.32. The minimum absolute atomic E-state index is 0.0419. The molecule has 17 heavy (non-hydrogen) atoms. The SMILES string of the molecule is Cn1c2c(c(=O)c3cc(F)ccc31)CNCC2. The van der Waals surface area contributed by atoms with Gasteiger partial charge in [-0.2, -0.15) is 0 Å². The molecule has 1 N–H and O–H groups in total. The Morgan fingerprint density at radius 1 is 1.41 bits per heavy atom. The van der Waals surface area contributed by atoms with Gasteiger partial charge >= 0.3 is 0 Å². The second-order valence-corrected chi connectivity index (χ2v) is 4.40. The molecule has 3 nitrogen and oxygen atoms in total. The molecule has 2 aromatic rings. The van der Waals surface area contributed by atoms with Gasteiger partial charge in [0.2, 0.25) is 0 Å². The van der Waals surface area contributed by atoms with Crippen molar-refractivity contribution in [1.29, 1.82) is 0 Å². The van der Waals surface area contributed by atoms with Crippen molar-refractivity contribution in [2.45, 2.75) is 13.0 Å². The van der Waals surface area contributed by atoms with Gasteiger partial charge in [0.05, 0.1) is 5.52 Å². The maximum atomic E-state index is 13.2. The van der Waals surface area contributed by atoms with E-state index in [1.54, 1.807) is 6.07 Å². The van der Waals surface area contributed by atoms with Crippen LogP contribution in [-0.4, -0.2) is 11.1 Å². The van der Waals surface area contributed by atoms with Crippen LogP contribution in [0.2, 0.25) is 0 Å². The van der Waals surface area contributed by atoms with Gasteiger partial charge in [0.15, 0.2) is 5.43 Å². The van der Waals surface area contributed by atoms with Gasteiger partial charge in [-0.15, -0.1) is 0 Å². The van der Waals surface area contributed by atoms with Crippen molar-refractivity contribution in [3.8, 4) is 0 Å². The van der Waals surface area contributed by atoms with Gasteiger partial charge in [-0.3, -0.25) is 4.79 Å². The summed E-state index contributed by atoms with van der Waals surface area (Å²) in [6, 6.07) is 4.40. The Hall–Kier alpha value is -1.68. The first-order chi connectivity index (χ1) is 8.18. The fraction of sp³-hybridized carbons (Fsp3) is 0.308. The van der Waals surface area contributed by atoms with Crippen molar-refractivity contribution >= 4 is 10.9 Å². The molecule has 88 valence electrons. The number of fused-ring (bicyclic) bond motifs is 2. The van der Waals surface area contributed by atoms with Gasteiger partial charge in [-0.1, -0.05) is 0 Å². The summed E-state index contributed by atoms with van der Waals surface area (Å²) in [4.78, 5) is 12.3. The number of rotatable bonds is 0. The molecule has 0 unspecified atom stereocenters. The Morgan fingerprint density at radius 2 is 2.24 bits per heavy atom. The van der Waals surface area contributed by atoms with Crippen molar-refractivity contribution in [1.82, 2.24) is 9.88 Å². The average molecular weight is 232 g/mol. The standard InChI is InChI=1S/C13H13FN2O/c1-16-11-3-2-8(14)6-9(11)13(17)10-7-15-5-4-12(10)16/h2-3,6,15H,4-5,7H2,1H3.